The van der Waals surface area contributed by atoms with E-state index in [0.717, 1.165) is 5.56 Å². The molecule has 0 aliphatic heterocycles. The minimum Gasteiger partial charge on any atom is -0.508 e. The van der Waals surface area contributed by atoms with E-state index in [2.05, 4.69) is 5.32 Å². The van der Waals surface area contributed by atoms with Crippen LogP contribution in [0.25, 0.3) is 6.08 Å². The SMILES string of the molecule is CC(=O)NCC=Cc1cccc(O)c1. The molecule has 74 valence electrons. The number of rotatable bonds is 3. The highest BCUT2D eigenvalue weighted by Crippen LogP contribution is 2.11. The first-order valence-corrected chi connectivity index (χ1v) is 4.38. The summed E-state index contributed by atoms with van der Waals surface area (Å²) < 4.78 is 0. The Bertz CT molecular complexity index is 345. The number of nitrogens with one attached hydrogen (secondary N) is 1. The number of hydrogen-bond donors (Lipinski definition) is 2. The van der Waals surface area contributed by atoms with Gasteiger partial charge < -0.3 is 10.4 Å². The van der Waals surface area contributed by atoms with Gasteiger partial charge in [-0.3, -0.25) is 4.79 Å². The van der Waals surface area contributed by atoms with Gasteiger partial charge in [0.25, 0.3) is 0 Å². The van der Waals surface area contributed by atoms with Gasteiger partial charge in [-0.05, 0) is 17.7 Å². The van der Waals surface area contributed by atoms with Crippen molar-refractivity contribution in [2.24, 2.45) is 0 Å². The second-order valence-electron chi connectivity index (χ2n) is 2.93. The van der Waals surface area contributed by atoms with Crippen LogP contribution in [0.2, 0.25) is 0 Å². The molecule has 0 unspecified atom stereocenters. The van der Waals surface area contributed by atoms with Crippen molar-refractivity contribution < 1.29 is 9.90 Å². The van der Waals surface area contributed by atoms with E-state index < -0.39 is 0 Å². The van der Waals surface area contributed by atoms with Gasteiger partial charge in [0, 0.05) is 13.5 Å². The van der Waals surface area contributed by atoms with E-state index in [9.17, 15) is 4.79 Å². The fourth-order valence-corrected chi connectivity index (χ4v) is 1.03. The molecule has 0 heterocycles. The summed E-state index contributed by atoms with van der Waals surface area (Å²) in [6, 6.07) is 6.92. The van der Waals surface area contributed by atoms with Crippen molar-refractivity contribution in [2.75, 3.05) is 6.54 Å². The standard InChI is InChI=1S/C11H13NO2/c1-9(13)12-7-3-5-10-4-2-6-11(14)8-10/h2-6,8,14H,7H2,1H3,(H,12,13). The summed E-state index contributed by atoms with van der Waals surface area (Å²) in [7, 11) is 0. The zero-order valence-corrected chi connectivity index (χ0v) is 8.03. The average molecular weight is 191 g/mol. The molecule has 0 saturated heterocycles. The molecule has 1 amide bonds. The van der Waals surface area contributed by atoms with E-state index >= 15 is 0 Å². The summed E-state index contributed by atoms with van der Waals surface area (Å²) in [5.41, 5.74) is 0.912. The van der Waals surface area contributed by atoms with Crippen molar-refractivity contribution >= 4 is 12.0 Å². The van der Waals surface area contributed by atoms with E-state index in [1.165, 1.54) is 6.92 Å². The van der Waals surface area contributed by atoms with Crippen molar-refractivity contribution in [1.82, 2.24) is 5.32 Å². The van der Waals surface area contributed by atoms with Crippen LogP contribution >= 0.6 is 0 Å². The maximum absolute atomic E-state index is 10.5. The highest BCUT2D eigenvalue weighted by molar-refractivity contribution is 5.73. The van der Waals surface area contributed by atoms with Gasteiger partial charge in [-0.25, -0.2) is 0 Å². The van der Waals surface area contributed by atoms with E-state index in [1.807, 2.05) is 18.2 Å². The number of aromatic hydroxyl groups is 1. The van der Waals surface area contributed by atoms with E-state index in [1.54, 1.807) is 18.2 Å². The molecule has 0 bridgehead atoms. The molecule has 3 heteroatoms. The summed E-state index contributed by atoms with van der Waals surface area (Å²) in [6.45, 7) is 1.98. The van der Waals surface area contributed by atoms with E-state index in [-0.39, 0.29) is 11.7 Å². The zero-order chi connectivity index (χ0) is 10.4. The lowest BCUT2D eigenvalue weighted by Gasteiger charge is -1.96. The predicted octanol–water partition coefficient (Wildman–Crippen LogP) is 1.54. The maximum Gasteiger partial charge on any atom is 0.217 e. The fourth-order valence-electron chi connectivity index (χ4n) is 1.03. The summed E-state index contributed by atoms with van der Waals surface area (Å²) >= 11 is 0. The van der Waals surface area contributed by atoms with Crippen LogP contribution in [0.4, 0.5) is 0 Å². The topological polar surface area (TPSA) is 49.3 Å². The normalized spacial score (nSPS) is 10.4. The molecule has 0 fully saturated rings. The Balaban J connectivity index is 2.47. The molecule has 0 saturated carbocycles. The van der Waals surface area contributed by atoms with Crippen molar-refractivity contribution in [3.63, 3.8) is 0 Å². The van der Waals surface area contributed by atoms with Crippen LogP contribution in [-0.2, 0) is 4.79 Å². The van der Waals surface area contributed by atoms with Crippen molar-refractivity contribution in [3.05, 3.63) is 35.9 Å². The number of carbonyl (C=O) groups excluding carboxylic acids is 1. The summed E-state index contributed by atoms with van der Waals surface area (Å²) in [6.07, 6.45) is 3.67. The lowest BCUT2D eigenvalue weighted by Crippen LogP contribution is -2.19. The van der Waals surface area contributed by atoms with Crippen molar-refractivity contribution in [2.45, 2.75) is 6.92 Å². The van der Waals surface area contributed by atoms with Crippen LogP contribution in [0.5, 0.6) is 5.75 Å². The molecular weight excluding hydrogens is 178 g/mol. The molecule has 3 nitrogen and oxygen atoms in total. The molecule has 0 spiro atoms. The zero-order valence-electron chi connectivity index (χ0n) is 8.03. The van der Waals surface area contributed by atoms with Gasteiger partial charge in [0.15, 0.2) is 0 Å². The Labute approximate surface area is 83.1 Å². The molecule has 2 N–H and O–H groups in total. The van der Waals surface area contributed by atoms with Crippen molar-refractivity contribution in [1.29, 1.82) is 0 Å². The summed E-state index contributed by atoms with van der Waals surface area (Å²) in [5.74, 6) is 0.192. The number of phenolic OH excluding ortho intramolecular Hbond substituents is 1. The quantitative estimate of drug-likeness (QED) is 0.761. The van der Waals surface area contributed by atoms with E-state index in [0.29, 0.717) is 6.54 Å². The number of carbonyl (C=O) groups is 1. The molecule has 0 aliphatic carbocycles. The second-order valence-corrected chi connectivity index (χ2v) is 2.93. The Morgan fingerprint density at radius 1 is 1.57 bits per heavy atom. The van der Waals surface area contributed by atoms with Gasteiger partial charge >= 0.3 is 0 Å². The monoisotopic (exact) mass is 191 g/mol. The minimum atomic E-state index is -0.0504. The average Bonchev–Trinajstić information content (AvgIpc) is 2.12. The number of hydrogen-bond acceptors (Lipinski definition) is 2. The third-order valence-corrected chi connectivity index (χ3v) is 1.65. The van der Waals surface area contributed by atoms with Crippen LogP contribution in [0.1, 0.15) is 12.5 Å². The summed E-state index contributed by atoms with van der Waals surface area (Å²) in [4.78, 5) is 10.5. The Hall–Kier alpha value is -1.77. The van der Waals surface area contributed by atoms with Gasteiger partial charge in [-0.1, -0.05) is 24.3 Å². The van der Waals surface area contributed by atoms with Crippen LogP contribution in [0.3, 0.4) is 0 Å². The molecule has 0 aliphatic rings. The smallest absolute Gasteiger partial charge is 0.217 e. The van der Waals surface area contributed by atoms with Gasteiger partial charge in [0.05, 0.1) is 0 Å². The van der Waals surface area contributed by atoms with Gasteiger partial charge in [-0.15, -0.1) is 0 Å². The molecular formula is C11H13NO2. The fraction of sp³-hybridized carbons (Fsp3) is 0.182. The number of phenols is 1. The molecule has 1 rings (SSSR count). The van der Waals surface area contributed by atoms with Gasteiger partial charge in [0.2, 0.25) is 5.91 Å². The number of amides is 1. The molecule has 0 aromatic heterocycles. The molecule has 1 aromatic rings. The van der Waals surface area contributed by atoms with Crippen LogP contribution < -0.4 is 5.32 Å². The number of benzene rings is 1. The largest absolute Gasteiger partial charge is 0.508 e. The van der Waals surface area contributed by atoms with E-state index in [4.69, 9.17) is 5.11 Å². The lowest BCUT2D eigenvalue weighted by atomic mass is 10.2. The van der Waals surface area contributed by atoms with Crippen LogP contribution in [0.15, 0.2) is 30.3 Å². The molecule has 0 atom stereocenters. The van der Waals surface area contributed by atoms with Gasteiger partial charge in [0.1, 0.15) is 5.75 Å². The molecule has 1 aromatic carbocycles. The highest BCUT2D eigenvalue weighted by Gasteiger charge is 1.89. The highest BCUT2D eigenvalue weighted by atomic mass is 16.3. The second kappa shape index (κ2) is 5.07. The van der Waals surface area contributed by atoms with Crippen molar-refractivity contribution in [3.8, 4) is 5.75 Å². The third-order valence-electron chi connectivity index (χ3n) is 1.65. The van der Waals surface area contributed by atoms with Crippen LogP contribution in [-0.4, -0.2) is 17.6 Å². The first kappa shape index (κ1) is 10.3. The minimum absolute atomic E-state index is 0.0504. The predicted molar refractivity (Wildman–Crippen MR) is 55.8 cm³/mol. The first-order valence-electron chi connectivity index (χ1n) is 4.38. The van der Waals surface area contributed by atoms with Crippen LogP contribution in [0, 0.1) is 0 Å². The molecule has 14 heavy (non-hydrogen) atoms. The Kier molecular flexibility index (Phi) is 3.73. The first-order chi connectivity index (χ1) is 6.68. The maximum atomic E-state index is 10.5. The van der Waals surface area contributed by atoms with Gasteiger partial charge in [-0.2, -0.15) is 0 Å². The molecule has 0 radical (unpaired) electrons. The Morgan fingerprint density at radius 2 is 2.36 bits per heavy atom. The lowest BCUT2D eigenvalue weighted by molar-refractivity contribution is -0.118. The Morgan fingerprint density at radius 3 is 3.00 bits per heavy atom. The third kappa shape index (κ3) is 3.76. The summed E-state index contributed by atoms with van der Waals surface area (Å²) in [5, 5.41) is 11.8.